The number of ether oxygens (including phenoxy) is 1. The molecule has 114 valence electrons. The van der Waals surface area contributed by atoms with E-state index in [0.29, 0.717) is 30.9 Å². The standard InChI is InChI=1S/C15H19FN2O3/c16-14-7-12(21-13-9-18(10-13)15(19)20)4-3-11(14)8-17-5-1-2-6-17/h3-4,7,13H,1-2,5-6,8-10H2,(H,19,20). The lowest BCUT2D eigenvalue weighted by atomic mass is 10.1. The highest BCUT2D eigenvalue weighted by atomic mass is 19.1. The van der Waals surface area contributed by atoms with Crippen LogP contribution in [0, 0.1) is 5.82 Å². The molecule has 2 aliphatic heterocycles. The van der Waals surface area contributed by atoms with E-state index in [0.717, 1.165) is 13.1 Å². The van der Waals surface area contributed by atoms with Crippen molar-refractivity contribution in [3.05, 3.63) is 29.6 Å². The Morgan fingerprint density at radius 1 is 1.33 bits per heavy atom. The molecule has 1 amide bonds. The van der Waals surface area contributed by atoms with Gasteiger partial charge in [-0.25, -0.2) is 9.18 Å². The molecule has 2 heterocycles. The minimum atomic E-state index is -0.943. The predicted molar refractivity (Wildman–Crippen MR) is 74.9 cm³/mol. The van der Waals surface area contributed by atoms with Crippen LogP contribution in [0.1, 0.15) is 18.4 Å². The zero-order chi connectivity index (χ0) is 14.8. The summed E-state index contributed by atoms with van der Waals surface area (Å²) in [4.78, 5) is 14.2. The third-order valence-electron chi connectivity index (χ3n) is 4.04. The van der Waals surface area contributed by atoms with Gasteiger partial charge in [0.25, 0.3) is 0 Å². The number of hydrogen-bond donors (Lipinski definition) is 1. The molecule has 1 aromatic carbocycles. The summed E-state index contributed by atoms with van der Waals surface area (Å²) in [5.74, 6) is 0.210. The van der Waals surface area contributed by atoms with Crippen LogP contribution in [0.2, 0.25) is 0 Å². The average Bonchev–Trinajstić information content (AvgIpc) is 2.89. The van der Waals surface area contributed by atoms with Crippen molar-refractivity contribution in [3.63, 3.8) is 0 Å². The zero-order valence-corrected chi connectivity index (χ0v) is 11.8. The molecule has 2 saturated heterocycles. The van der Waals surface area contributed by atoms with Gasteiger partial charge in [-0.3, -0.25) is 4.90 Å². The Morgan fingerprint density at radius 2 is 2.05 bits per heavy atom. The van der Waals surface area contributed by atoms with Crippen molar-refractivity contribution in [2.75, 3.05) is 26.2 Å². The van der Waals surface area contributed by atoms with Gasteiger partial charge in [-0.05, 0) is 32.0 Å². The van der Waals surface area contributed by atoms with Crippen LogP contribution in [0.4, 0.5) is 9.18 Å². The molecule has 1 aromatic rings. The first kappa shape index (κ1) is 14.1. The smallest absolute Gasteiger partial charge is 0.407 e. The molecule has 21 heavy (non-hydrogen) atoms. The highest BCUT2D eigenvalue weighted by Crippen LogP contribution is 2.23. The number of carboxylic acid groups (broad SMARTS) is 1. The Morgan fingerprint density at radius 3 is 2.67 bits per heavy atom. The van der Waals surface area contributed by atoms with Gasteiger partial charge >= 0.3 is 6.09 Å². The number of hydrogen-bond acceptors (Lipinski definition) is 3. The van der Waals surface area contributed by atoms with E-state index in [1.165, 1.54) is 23.8 Å². The van der Waals surface area contributed by atoms with Crippen molar-refractivity contribution >= 4 is 6.09 Å². The first-order valence-electron chi connectivity index (χ1n) is 7.27. The van der Waals surface area contributed by atoms with Crippen LogP contribution in [0.3, 0.4) is 0 Å². The van der Waals surface area contributed by atoms with Gasteiger partial charge in [-0.1, -0.05) is 6.07 Å². The van der Waals surface area contributed by atoms with E-state index in [9.17, 15) is 9.18 Å². The molecule has 2 fully saturated rings. The molecule has 0 saturated carbocycles. The lowest BCUT2D eigenvalue weighted by Gasteiger charge is -2.36. The summed E-state index contributed by atoms with van der Waals surface area (Å²) >= 11 is 0. The topological polar surface area (TPSA) is 53.0 Å². The van der Waals surface area contributed by atoms with Gasteiger partial charge in [-0.2, -0.15) is 0 Å². The van der Waals surface area contributed by atoms with Crippen LogP contribution in [0.25, 0.3) is 0 Å². The molecule has 1 N–H and O–H groups in total. The maximum absolute atomic E-state index is 14.1. The lowest BCUT2D eigenvalue weighted by Crippen LogP contribution is -2.55. The highest BCUT2D eigenvalue weighted by molar-refractivity contribution is 5.66. The zero-order valence-electron chi connectivity index (χ0n) is 11.8. The monoisotopic (exact) mass is 294 g/mol. The summed E-state index contributed by atoms with van der Waals surface area (Å²) in [5, 5.41) is 8.74. The lowest BCUT2D eigenvalue weighted by molar-refractivity contribution is 0.0250. The van der Waals surface area contributed by atoms with Gasteiger partial charge in [0.2, 0.25) is 0 Å². The van der Waals surface area contributed by atoms with E-state index in [1.54, 1.807) is 12.1 Å². The van der Waals surface area contributed by atoms with Crippen LogP contribution >= 0.6 is 0 Å². The van der Waals surface area contributed by atoms with E-state index in [-0.39, 0.29) is 11.9 Å². The number of nitrogens with zero attached hydrogens (tertiary/aromatic N) is 2. The van der Waals surface area contributed by atoms with E-state index >= 15 is 0 Å². The van der Waals surface area contributed by atoms with E-state index in [4.69, 9.17) is 9.84 Å². The molecule has 0 spiro atoms. The third kappa shape index (κ3) is 3.26. The van der Waals surface area contributed by atoms with Crippen molar-refractivity contribution in [1.82, 2.24) is 9.80 Å². The Kier molecular flexibility index (Phi) is 3.96. The molecule has 0 bridgehead atoms. The molecular formula is C15H19FN2O3. The normalized spacial score (nSPS) is 19.6. The van der Waals surface area contributed by atoms with Gasteiger partial charge < -0.3 is 14.7 Å². The Bertz CT molecular complexity index is 526. The number of amides is 1. The van der Waals surface area contributed by atoms with Gasteiger partial charge in [0, 0.05) is 18.2 Å². The third-order valence-corrected chi connectivity index (χ3v) is 4.04. The molecule has 0 radical (unpaired) electrons. The first-order valence-corrected chi connectivity index (χ1v) is 7.27. The minimum absolute atomic E-state index is 0.176. The number of likely N-dealkylation sites (tertiary alicyclic amines) is 2. The quantitative estimate of drug-likeness (QED) is 0.924. The average molecular weight is 294 g/mol. The van der Waals surface area contributed by atoms with E-state index < -0.39 is 6.09 Å². The van der Waals surface area contributed by atoms with Crippen LogP contribution in [-0.4, -0.2) is 53.3 Å². The second kappa shape index (κ2) is 5.89. The predicted octanol–water partition coefficient (Wildman–Crippen LogP) is 2.16. The number of halogens is 1. The fourth-order valence-electron chi connectivity index (χ4n) is 2.77. The van der Waals surface area contributed by atoms with Crippen molar-refractivity contribution in [2.45, 2.75) is 25.5 Å². The van der Waals surface area contributed by atoms with E-state index in [1.807, 2.05) is 0 Å². The Hall–Kier alpha value is -1.82. The van der Waals surface area contributed by atoms with Gasteiger partial charge in [0.05, 0.1) is 13.1 Å². The molecule has 0 aliphatic carbocycles. The fraction of sp³-hybridized carbons (Fsp3) is 0.533. The van der Waals surface area contributed by atoms with Crippen molar-refractivity contribution < 1.29 is 19.0 Å². The fourth-order valence-corrected chi connectivity index (χ4v) is 2.77. The molecule has 6 heteroatoms. The molecular weight excluding hydrogens is 275 g/mol. The number of carbonyl (C=O) groups is 1. The molecule has 0 aromatic heterocycles. The molecule has 0 atom stereocenters. The summed E-state index contributed by atoms with van der Waals surface area (Å²) in [6.07, 6.45) is 1.25. The maximum Gasteiger partial charge on any atom is 0.407 e. The summed E-state index contributed by atoms with van der Waals surface area (Å²) in [6.45, 7) is 3.39. The molecule has 5 nitrogen and oxygen atoms in total. The summed E-state index contributed by atoms with van der Waals surface area (Å²) in [7, 11) is 0. The van der Waals surface area contributed by atoms with Crippen LogP contribution in [0.15, 0.2) is 18.2 Å². The minimum Gasteiger partial charge on any atom is -0.487 e. The maximum atomic E-state index is 14.1. The Labute approximate surface area is 122 Å². The van der Waals surface area contributed by atoms with Gasteiger partial charge in [0.1, 0.15) is 17.7 Å². The van der Waals surface area contributed by atoms with Crippen LogP contribution < -0.4 is 4.74 Å². The second-order valence-electron chi connectivity index (χ2n) is 5.66. The number of benzene rings is 1. The van der Waals surface area contributed by atoms with Crippen LogP contribution in [-0.2, 0) is 6.54 Å². The SMILES string of the molecule is O=C(O)N1CC(Oc2ccc(CN3CCCC3)c(F)c2)C1. The summed E-state index contributed by atoms with van der Waals surface area (Å²) < 4.78 is 19.6. The summed E-state index contributed by atoms with van der Waals surface area (Å²) in [6, 6.07) is 4.92. The molecule has 2 aliphatic rings. The first-order chi connectivity index (χ1) is 10.1. The van der Waals surface area contributed by atoms with E-state index in [2.05, 4.69) is 4.90 Å². The van der Waals surface area contributed by atoms with Crippen LogP contribution in [0.5, 0.6) is 5.75 Å². The van der Waals surface area contributed by atoms with Gasteiger partial charge in [-0.15, -0.1) is 0 Å². The Balaban J connectivity index is 1.55. The molecule has 3 rings (SSSR count). The largest absolute Gasteiger partial charge is 0.487 e. The second-order valence-corrected chi connectivity index (χ2v) is 5.66. The van der Waals surface area contributed by atoms with Gasteiger partial charge in [0.15, 0.2) is 0 Å². The van der Waals surface area contributed by atoms with Crippen molar-refractivity contribution in [2.24, 2.45) is 0 Å². The van der Waals surface area contributed by atoms with Crippen molar-refractivity contribution in [3.8, 4) is 5.75 Å². The summed E-state index contributed by atoms with van der Waals surface area (Å²) in [5.41, 5.74) is 0.685. The van der Waals surface area contributed by atoms with Crippen molar-refractivity contribution in [1.29, 1.82) is 0 Å². The molecule has 0 unspecified atom stereocenters. The number of rotatable bonds is 4. The highest BCUT2D eigenvalue weighted by Gasteiger charge is 2.32.